The van der Waals surface area contributed by atoms with E-state index >= 15 is 0 Å². The molecule has 1 aliphatic heterocycles. The van der Waals surface area contributed by atoms with Crippen molar-refractivity contribution in [3.8, 4) is 0 Å². The molecule has 6 heteroatoms. The van der Waals surface area contributed by atoms with Crippen molar-refractivity contribution in [3.63, 3.8) is 0 Å². The number of nitrogens with zero attached hydrogens (tertiary/aromatic N) is 1. The summed E-state index contributed by atoms with van der Waals surface area (Å²) >= 11 is 6.87. The first-order chi connectivity index (χ1) is 7.68. The molecule has 0 aliphatic carbocycles. The number of nitrogens with one attached hydrogen (secondary N) is 1. The number of amides is 1. The van der Waals surface area contributed by atoms with Gasteiger partial charge in [-0.15, -0.1) is 11.3 Å². The maximum Gasteiger partial charge on any atom is 0.295 e. The van der Waals surface area contributed by atoms with Crippen LogP contribution in [0, 0.1) is 0 Å². The standard InChI is InChI=1S/C10H11ClN2O2S/c11-8-2-1-7(16-8)9(14)10(15)13-5-3-12-4-6-13/h1-2,12H,3-6H2. The molecule has 2 rings (SSSR count). The van der Waals surface area contributed by atoms with Crippen molar-refractivity contribution >= 4 is 34.6 Å². The number of ketones is 1. The van der Waals surface area contributed by atoms with Gasteiger partial charge in [-0.3, -0.25) is 9.59 Å². The summed E-state index contributed by atoms with van der Waals surface area (Å²) in [4.78, 5) is 25.6. The Hall–Kier alpha value is -0.910. The van der Waals surface area contributed by atoms with Crippen LogP contribution in [0.15, 0.2) is 12.1 Å². The molecule has 0 atom stereocenters. The molecule has 0 bridgehead atoms. The molecule has 1 fully saturated rings. The average molecular weight is 259 g/mol. The van der Waals surface area contributed by atoms with Crippen molar-refractivity contribution in [2.45, 2.75) is 0 Å². The number of carbonyl (C=O) groups is 2. The normalized spacial score (nSPS) is 16.2. The van der Waals surface area contributed by atoms with Gasteiger partial charge in [-0.1, -0.05) is 11.6 Å². The third-order valence-electron chi connectivity index (χ3n) is 2.40. The minimum atomic E-state index is -0.459. The molecule has 0 radical (unpaired) electrons. The van der Waals surface area contributed by atoms with E-state index in [1.807, 2.05) is 0 Å². The molecule has 0 spiro atoms. The predicted octanol–water partition coefficient (Wildman–Crippen LogP) is 1.02. The van der Waals surface area contributed by atoms with Crippen LogP contribution in [0.5, 0.6) is 0 Å². The van der Waals surface area contributed by atoms with Crippen LogP contribution < -0.4 is 5.32 Å². The van der Waals surface area contributed by atoms with Gasteiger partial charge in [0.1, 0.15) is 0 Å². The second-order valence-corrected chi connectivity index (χ2v) is 5.19. The fourth-order valence-electron chi connectivity index (χ4n) is 1.55. The molecular formula is C10H11ClN2O2S. The summed E-state index contributed by atoms with van der Waals surface area (Å²) in [6.45, 7) is 2.65. The summed E-state index contributed by atoms with van der Waals surface area (Å²) < 4.78 is 0.525. The number of piperazine rings is 1. The molecule has 1 saturated heterocycles. The van der Waals surface area contributed by atoms with E-state index < -0.39 is 11.7 Å². The van der Waals surface area contributed by atoms with Crippen LogP contribution in [0.1, 0.15) is 9.67 Å². The molecular weight excluding hydrogens is 248 g/mol. The lowest BCUT2D eigenvalue weighted by Gasteiger charge is -2.26. The van der Waals surface area contributed by atoms with Crippen LogP contribution in [-0.4, -0.2) is 42.8 Å². The van der Waals surface area contributed by atoms with Crippen LogP contribution in [0.3, 0.4) is 0 Å². The molecule has 1 amide bonds. The van der Waals surface area contributed by atoms with E-state index in [-0.39, 0.29) is 0 Å². The third-order valence-corrected chi connectivity index (χ3v) is 3.63. The van der Waals surface area contributed by atoms with Crippen molar-refractivity contribution < 1.29 is 9.59 Å². The summed E-state index contributed by atoms with van der Waals surface area (Å²) in [5.41, 5.74) is 0. The first kappa shape index (κ1) is 11.6. The first-order valence-corrected chi connectivity index (χ1v) is 6.17. The maximum absolute atomic E-state index is 11.8. The highest BCUT2D eigenvalue weighted by Crippen LogP contribution is 2.22. The second kappa shape index (κ2) is 4.95. The van der Waals surface area contributed by atoms with Gasteiger partial charge in [0.25, 0.3) is 11.7 Å². The van der Waals surface area contributed by atoms with E-state index in [0.29, 0.717) is 22.3 Å². The monoisotopic (exact) mass is 258 g/mol. The molecule has 0 unspecified atom stereocenters. The summed E-state index contributed by atoms with van der Waals surface area (Å²) in [7, 11) is 0. The molecule has 4 nitrogen and oxygen atoms in total. The first-order valence-electron chi connectivity index (χ1n) is 4.98. The van der Waals surface area contributed by atoms with Crippen LogP contribution >= 0.6 is 22.9 Å². The molecule has 0 aromatic carbocycles. The molecule has 1 aliphatic rings. The van der Waals surface area contributed by atoms with Gasteiger partial charge in [0.2, 0.25) is 0 Å². The van der Waals surface area contributed by atoms with Crippen molar-refractivity contribution in [1.82, 2.24) is 10.2 Å². The summed E-state index contributed by atoms with van der Waals surface area (Å²) in [5, 5.41) is 3.13. The number of carbonyl (C=O) groups excluding carboxylic acids is 2. The molecule has 16 heavy (non-hydrogen) atoms. The largest absolute Gasteiger partial charge is 0.333 e. The van der Waals surface area contributed by atoms with Crippen molar-refractivity contribution in [2.24, 2.45) is 0 Å². The van der Waals surface area contributed by atoms with Gasteiger partial charge in [-0.05, 0) is 12.1 Å². The Kier molecular flexibility index (Phi) is 3.58. The minimum absolute atomic E-state index is 0.411. The van der Waals surface area contributed by atoms with Gasteiger partial charge in [0.15, 0.2) is 0 Å². The third kappa shape index (κ3) is 2.42. The number of rotatable bonds is 2. The Balaban J connectivity index is 2.06. The van der Waals surface area contributed by atoms with E-state index in [1.54, 1.807) is 17.0 Å². The Labute approximate surface area is 102 Å². The fraction of sp³-hybridized carbons (Fsp3) is 0.400. The molecule has 1 N–H and O–H groups in total. The van der Waals surface area contributed by atoms with E-state index in [0.717, 1.165) is 24.4 Å². The quantitative estimate of drug-likeness (QED) is 0.636. The number of hydrogen-bond donors (Lipinski definition) is 1. The zero-order valence-corrected chi connectivity index (χ0v) is 10.1. The van der Waals surface area contributed by atoms with Crippen LogP contribution in [0.4, 0.5) is 0 Å². The maximum atomic E-state index is 11.8. The average Bonchev–Trinajstić information content (AvgIpc) is 2.75. The summed E-state index contributed by atoms with van der Waals surface area (Å²) in [6, 6.07) is 3.22. The molecule has 1 aromatic heterocycles. The Morgan fingerprint density at radius 1 is 1.31 bits per heavy atom. The number of halogens is 1. The van der Waals surface area contributed by atoms with Crippen LogP contribution in [-0.2, 0) is 4.79 Å². The fourth-order valence-corrected chi connectivity index (χ4v) is 2.53. The number of Topliss-reactive ketones (excluding diaryl/α,β-unsaturated/α-hetero) is 1. The Morgan fingerprint density at radius 2 is 2.00 bits per heavy atom. The predicted molar refractivity (Wildman–Crippen MR) is 63.1 cm³/mol. The van der Waals surface area contributed by atoms with Gasteiger partial charge >= 0.3 is 0 Å². The summed E-state index contributed by atoms with van der Waals surface area (Å²) in [6.07, 6.45) is 0. The van der Waals surface area contributed by atoms with E-state index in [9.17, 15) is 9.59 Å². The molecule has 2 heterocycles. The van der Waals surface area contributed by atoms with Gasteiger partial charge in [0.05, 0.1) is 9.21 Å². The lowest BCUT2D eigenvalue weighted by atomic mass is 10.2. The zero-order valence-electron chi connectivity index (χ0n) is 8.53. The van der Waals surface area contributed by atoms with Crippen molar-refractivity contribution in [1.29, 1.82) is 0 Å². The van der Waals surface area contributed by atoms with E-state index in [1.165, 1.54) is 0 Å². The van der Waals surface area contributed by atoms with Crippen molar-refractivity contribution in [3.05, 3.63) is 21.3 Å². The number of hydrogen-bond acceptors (Lipinski definition) is 4. The highest BCUT2D eigenvalue weighted by atomic mass is 35.5. The highest BCUT2D eigenvalue weighted by Gasteiger charge is 2.25. The zero-order chi connectivity index (χ0) is 11.5. The van der Waals surface area contributed by atoms with Gasteiger partial charge < -0.3 is 10.2 Å². The Bertz CT molecular complexity index is 413. The number of thiophene rings is 1. The minimum Gasteiger partial charge on any atom is -0.333 e. The van der Waals surface area contributed by atoms with Crippen LogP contribution in [0.2, 0.25) is 4.34 Å². The lowest BCUT2D eigenvalue weighted by molar-refractivity contribution is -0.126. The lowest BCUT2D eigenvalue weighted by Crippen LogP contribution is -2.48. The van der Waals surface area contributed by atoms with Crippen LogP contribution in [0.25, 0.3) is 0 Å². The van der Waals surface area contributed by atoms with Gasteiger partial charge in [-0.2, -0.15) is 0 Å². The highest BCUT2D eigenvalue weighted by molar-refractivity contribution is 7.18. The molecule has 86 valence electrons. The van der Waals surface area contributed by atoms with Gasteiger partial charge in [-0.25, -0.2) is 0 Å². The molecule has 1 aromatic rings. The van der Waals surface area contributed by atoms with Gasteiger partial charge in [0, 0.05) is 26.2 Å². The SMILES string of the molecule is O=C(C(=O)N1CCNCC1)c1ccc(Cl)s1. The smallest absolute Gasteiger partial charge is 0.295 e. The topological polar surface area (TPSA) is 49.4 Å². The summed E-state index contributed by atoms with van der Waals surface area (Å²) in [5.74, 6) is -0.890. The Morgan fingerprint density at radius 3 is 2.56 bits per heavy atom. The van der Waals surface area contributed by atoms with E-state index in [4.69, 9.17) is 11.6 Å². The second-order valence-electron chi connectivity index (χ2n) is 3.48. The van der Waals surface area contributed by atoms with E-state index in [2.05, 4.69) is 5.32 Å². The molecule has 0 saturated carbocycles. The van der Waals surface area contributed by atoms with Crippen molar-refractivity contribution in [2.75, 3.05) is 26.2 Å².